The van der Waals surface area contributed by atoms with Gasteiger partial charge in [0.1, 0.15) is 11.5 Å². The lowest BCUT2D eigenvalue weighted by Crippen LogP contribution is -2.64. The summed E-state index contributed by atoms with van der Waals surface area (Å²) >= 11 is 0. The van der Waals surface area contributed by atoms with E-state index in [1.807, 2.05) is 0 Å². The van der Waals surface area contributed by atoms with Crippen molar-refractivity contribution in [3.63, 3.8) is 0 Å². The normalized spacial score (nSPS) is 13.0. The molecule has 0 amide bonds. The van der Waals surface area contributed by atoms with Crippen LogP contribution in [-0.2, 0) is 0 Å². The molecule has 0 radical (unpaired) electrons. The van der Waals surface area contributed by atoms with E-state index in [1.165, 1.54) is 38.6 Å². The molecule has 0 atom stereocenters. The van der Waals surface area contributed by atoms with Gasteiger partial charge in [0, 0.05) is 90.4 Å². The summed E-state index contributed by atoms with van der Waals surface area (Å²) in [5.74, 6) is 1.76. The Bertz CT molecular complexity index is 4960. The molecule has 0 unspecified atom stereocenters. The number of rotatable bonds is 9. The van der Waals surface area contributed by atoms with E-state index in [0.717, 1.165) is 113 Å². The van der Waals surface area contributed by atoms with Crippen molar-refractivity contribution < 1.29 is 4.74 Å². The van der Waals surface area contributed by atoms with E-state index in [4.69, 9.17) is 4.74 Å². The molecule has 0 bridgehead atoms. The largest absolute Gasteiger partial charge is 0.458 e. The number of benzene rings is 14. The van der Waals surface area contributed by atoms with Gasteiger partial charge in [-0.1, -0.05) is 176 Å². The first kappa shape index (κ1) is 49.9. The molecule has 0 saturated carbocycles. The van der Waals surface area contributed by atoms with E-state index in [0.29, 0.717) is 0 Å². The second-order valence-corrected chi connectivity index (χ2v) is 23.2. The van der Waals surface area contributed by atoms with Crippen molar-refractivity contribution in [2.24, 2.45) is 0 Å². The summed E-state index contributed by atoms with van der Waals surface area (Å²) in [4.78, 5) is 12.3. The monoisotopic (exact) mass is 1120 g/mol. The molecule has 18 rings (SSSR count). The predicted molar refractivity (Wildman–Crippen MR) is 371 cm³/mol. The molecular weight excluding hydrogens is 1070 g/mol. The number of anilines is 15. The summed E-state index contributed by atoms with van der Waals surface area (Å²) in [7, 11) is 0. The minimum atomic E-state index is -0.165. The summed E-state index contributed by atoms with van der Waals surface area (Å²) in [6.45, 7) is -0.314. The number of hydrogen-bond donors (Lipinski definition) is 0. The smallest absolute Gasteiger partial charge is 0.256 e. The Morgan fingerprint density at radius 1 is 0.261 bits per heavy atom. The maximum Gasteiger partial charge on any atom is 0.256 e. The summed E-state index contributed by atoms with van der Waals surface area (Å²) < 4.78 is 7.37. The molecule has 0 fully saturated rings. The van der Waals surface area contributed by atoms with Crippen molar-refractivity contribution in [1.29, 1.82) is 0 Å². The maximum atomic E-state index is 7.37. The molecule has 0 saturated heterocycles. The Labute approximate surface area is 512 Å². The van der Waals surface area contributed by atoms with Crippen LogP contribution in [0.2, 0.25) is 0 Å². The summed E-state index contributed by atoms with van der Waals surface area (Å²) in [5.41, 5.74) is 23.9. The lowest BCUT2D eigenvalue weighted by molar-refractivity contribution is 0.493. The molecule has 14 aromatic rings. The van der Waals surface area contributed by atoms with Gasteiger partial charge in [0.05, 0.1) is 5.69 Å². The first-order valence-corrected chi connectivity index (χ1v) is 30.3. The molecule has 0 aromatic heterocycles. The van der Waals surface area contributed by atoms with Crippen molar-refractivity contribution in [2.45, 2.75) is 0 Å². The van der Waals surface area contributed by atoms with Crippen LogP contribution in [0.3, 0.4) is 0 Å². The Balaban J connectivity index is 0.926. The fourth-order valence-corrected chi connectivity index (χ4v) is 14.7. The number of nitrogens with zero attached hydrogens (tertiary/aromatic N) is 5. The molecule has 4 aliphatic heterocycles. The molecule has 0 N–H and O–H groups in total. The second-order valence-electron chi connectivity index (χ2n) is 23.2. The van der Waals surface area contributed by atoms with Crippen LogP contribution in [0, 0.1) is 0 Å². The molecule has 14 aromatic carbocycles. The summed E-state index contributed by atoms with van der Waals surface area (Å²) in [5, 5.41) is 4.47. The van der Waals surface area contributed by atoms with Gasteiger partial charge in [-0.25, -0.2) is 0 Å². The van der Waals surface area contributed by atoms with Crippen LogP contribution in [0.15, 0.2) is 322 Å². The van der Waals surface area contributed by atoms with Gasteiger partial charge in [-0.05, 0) is 189 Å². The van der Waals surface area contributed by atoms with E-state index < -0.39 is 0 Å². The van der Waals surface area contributed by atoms with Crippen LogP contribution in [0.5, 0.6) is 11.5 Å². The third kappa shape index (κ3) is 7.72. The van der Waals surface area contributed by atoms with Gasteiger partial charge < -0.3 is 29.2 Å². The first-order chi connectivity index (χ1) is 43.7. The zero-order valence-electron chi connectivity index (χ0n) is 47.9. The van der Waals surface area contributed by atoms with Crippen LogP contribution in [-0.4, -0.2) is 13.4 Å². The maximum absolute atomic E-state index is 7.37. The SMILES string of the molecule is c1ccc(N(c2ccccc2)c2ccc3c4c5c(cc3c2)N(c2ccccc2)c2cc3c(cc2B5c2ccccc2O4)B2c4ccccc4N(c4ccccc4)c4c2c(cc2cc(N(c5ccccc5)c5ccccc5)ccc42)N3c2ccccc2)cc1. The predicted octanol–water partition coefficient (Wildman–Crippen LogP) is 17.4. The lowest BCUT2D eigenvalue weighted by atomic mass is 9.30. The van der Waals surface area contributed by atoms with E-state index in [-0.39, 0.29) is 13.4 Å². The number of para-hydroxylation sites is 9. The highest BCUT2D eigenvalue weighted by Crippen LogP contribution is 2.52. The summed E-state index contributed by atoms with van der Waals surface area (Å²) in [6, 6.07) is 118. The minimum Gasteiger partial charge on any atom is -0.458 e. The van der Waals surface area contributed by atoms with Gasteiger partial charge >= 0.3 is 0 Å². The van der Waals surface area contributed by atoms with Crippen molar-refractivity contribution in [1.82, 2.24) is 0 Å². The third-order valence-corrected chi connectivity index (χ3v) is 18.3. The van der Waals surface area contributed by atoms with Crippen molar-refractivity contribution >= 4 is 153 Å². The molecule has 4 heterocycles. The molecule has 6 nitrogen and oxygen atoms in total. The topological polar surface area (TPSA) is 25.4 Å². The zero-order valence-corrected chi connectivity index (χ0v) is 47.9. The van der Waals surface area contributed by atoms with Gasteiger partial charge in [0.25, 0.3) is 13.4 Å². The van der Waals surface area contributed by atoms with Gasteiger partial charge in [-0.2, -0.15) is 0 Å². The molecular formula is C80H53B2N5O. The van der Waals surface area contributed by atoms with E-state index >= 15 is 0 Å². The summed E-state index contributed by atoms with van der Waals surface area (Å²) in [6.07, 6.45) is 0. The molecule has 0 aliphatic carbocycles. The van der Waals surface area contributed by atoms with Crippen LogP contribution in [0.25, 0.3) is 21.5 Å². The standard InChI is InChI=1S/C80H53B2N5O/c1-8-26-56(27-9-1)83(57-28-10-2-11-29-57)63-44-46-65-54(48-63)50-74-77-79(65)87(62-38-20-7-21-39-62)71-42-24-22-40-67(71)81(77)69-52-70-73(53-72(69)85(74)60-34-16-5-17-35-60)86(61-36-18-6-19-37-61)75-51-55-49-64(84(58-30-12-3-13-31-58)59-32-14-4-15-33-59)45-47-66(55)80-78(75)82(70)68-41-23-25-43-76(68)88-80/h1-53H. The fourth-order valence-electron chi connectivity index (χ4n) is 14.7. The van der Waals surface area contributed by atoms with Gasteiger partial charge in [0.2, 0.25) is 0 Å². The van der Waals surface area contributed by atoms with E-state index in [1.54, 1.807) is 0 Å². The molecule has 0 spiro atoms. The molecule has 8 heteroatoms. The fraction of sp³-hybridized carbons (Fsp3) is 0. The second kappa shape index (κ2) is 20.1. The highest BCUT2D eigenvalue weighted by Gasteiger charge is 2.48. The first-order valence-electron chi connectivity index (χ1n) is 30.3. The quantitative estimate of drug-likeness (QED) is 0.134. The van der Waals surface area contributed by atoms with Crippen LogP contribution >= 0.6 is 0 Å². The highest BCUT2D eigenvalue weighted by molar-refractivity contribution is 7.03. The van der Waals surface area contributed by atoms with Crippen molar-refractivity contribution in [2.75, 3.05) is 24.5 Å². The van der Waals surface area contributed by atoms with E-state index in [9.17, 15) is 0 Å². The Morgan fingerprint density at radius 3 is 1.17 bits per heavy atom. The van der Waals surface area contributed by atoms with Crippen LogP contribution in [0.1, 0.15) is 0 Å². The highest BCUT2D eigenvalue weighted by atomic mass is 16.5. The average molecular weight is 1120 g/mol. The Hall–Kier alpha value is -11.5. The van der Waals surface area contributed by atoms with E-state index in [2.05, 4.69) is 346 Å². The molecule has 88 heavy (non-hydrogen) atoms. The Kier molecular flexibility index (Phi) is 11.4. The molecule has 410 valence electrons. The van der Waals surface area contributed by atoms with Crippen molar-refractivity contribution in [3.05, 3.63) is 322 Å². The Morgan fingerprint density at radius 2 is 0.659 bits per heavy atom. The van der Waals surface area contributed by atoms with Crippen LogP contribution in [0.4, 0.5) is 85.3 Å². The molecule has 4 aliphatic rings. The minimum absolute atomic E-state index is 0.149. The number of ether oxygens (including phenoxy) is 1. The van der Waals surface area contributed by atoms with Crippen molar-refractivity contribution in [3.8, 4) is 11.5 Å². The zero-order chi connectivity index (χ0) is 57.8. The van der Waals surface area contributed by atoms with Gasteiger partial charge in [-0.15, -0.1) is 0 Å². The van der Waals surface area contributed by atoms with Gasteiger partial charge in [-0.3, -0.25) is 0 Å². The average Bonchev–Trinajstić information content (AvgIpc) is 0.694. The van der Waals surface area contributed by atoms with Gasteiger partial charge in [0.15, 0.2) is 0 Å². The lowest BCUT2D eigenvalue weighted by Gasteiger charge is -2.46. The van der Waals surface area contributed by atoms with Crippen LogP contribution < -0.4 is 62.0 Å². The number of fused-ring (bicyclic) bond motifs is 12. The third-order valence-electron chi connectivity index (χ3n) is 18.3. The number of hydrogen-bond acceptors (Lipinski definition) is 6.